The van der Waals surface area contributed by atoms with Gasteiger partial charge in [-0.2, -0.15) is 5.10 Å². The minimum atomic E-state index is -0.0824. The molecule has 2 aromatic heterocycles. The molecule has 0 aliphatic rings. The third kappa shape index (κ3) is 4.50. The van der Waals surface area contributed by atoms with Crippen molar-refractivity contribution in [2.24, 2.45) is 0 Å². The van der Waals surface area contributed by atoms with Gasteiger partial charge in [0.05, 0.1) is 18.4 Å². The molecule has 0 fully saturated rings. The Balaban J connectivity index is 0.000000614. The number of aromatic nitrogens is 4. The summed E-state index contributed by atoms with van der Waals surface area (Å²) in [5, 5.41) is 4.84. The molecule has 2 aromatic carbocycles. The number of hydrogen-bond acceptors (Lipinski definition) is 3. The van der Waals surface area contributed by atoms with Crippen LogP contribution in [-0.4, -0.2) is 19.3 Å². The average Bonchev–Trinajstić information content (AvgIpc) is 3.19. The molecular formula is C22H26N4O. The molecule has 0 atom stereocenters. The van der Waals surface area contributed by atoms with E-state index in [2.05, 4.69) is 10.1 Å². The van der Waals surface area contributed by atoms with Crippen molar-refractivity contribution in [3.05, 3.63) is 89.1 Å². The fourth-order valence-corrected chi connectivity index (χ4v) is 2.60. The molecule has 140 valence electrons. The van der Waals surface area contributed by atoms with Crippen LogP contribution >= 0.6 is 0 Å². The summed E-state index contributed by atoms with van der Waals surface area (Å²) in [5.41, 5.74) is 2.44. The molecular weight excluding hydrogens is 336 g/mol. The van der Waals surface area contributed by atoms with Crippen molar-refractivity contribution in [1.82, 2.24) is 19.3 Å². The molecule has 2 heterocycles. The Hall–Kier alpha value is -3.21. The van der Waals surface area contributed by atoms with Crippen molar-refractivity contribution >= 4 is 11.0 Å². The van der Waals surface area contributed by atoms with Gasteiger partial charge >= 0.3 is 0 Å². The van der Waals surface area contributed by atoms with Crippen molar-refractivity contribution in [2.75, 3.05) is 0 Å². The van der Waals surface area contributed by atoms with Crippen molar-refractivity contribution in [3.8, 4) is 5.69 Å². The first-order chi connectivity index (χ1) is 13.3. The molecule has 27 heavy (non-hydrogen) atoms. The summed E-state index contributed by atoms with van der Waals surface area (Å²) in [6.07, 6.45) is 3.16. The van der Waals surface area contributed by atoms with Gasteiger partial charge in [0.25, 0.3) is 5.56 Å². The molecule has 0 amide bonds. The van der Waals surface area contributed by atoms with Crippen molar-refractivity contribution in [1.29, 1.82) is 0 Å². The summed E-state index contributed by atoms with van der Waals surface area (Å²) in [7, 11) is 0. The maximum absolute atomic E-state index is 12.6. The number of benzene rings is 2. The molecule has 5 nitrogen and oxygen atoms in total. The highest BCUT2D eigenvalue weighted by Gasteiger charge is 2.11. The lowest BCUT2D eigenvalue weighted by molar-refractivity contribution is 0.745. The molecule has 0 unspecified atom stereocenters. The normalized spacial score (nSPS) is 9.78. The van der Waals surface area contributed by atoms with Crippen molar-refractivity contribution in [3.63, 3.8) is 0 Å². The maximum atomic E-state index is 12.6. The summed E-state index contributed by atoms with van der Waals surface area (Å²) >= 11 is 0. The lowest BCUT2D eigenvalue weighted by Crippen LogP contribution is -2.21. The van der Waals surface area contributed by atoms with E-state index in [9.17, 15) is 4.79 Å². The highest BCUT2D eigenvalue weighted by atomic mass is 16.1. The van der Waals surface area contributed by atoms with E-state index in [0.29, 0.717) is 17.6 Å². The van der Waals surface area contributed by atoms with Gasteiger partial charge in [0.15, 0.2) is 5.65 Å². The van der Waals surface area contributed by atoms with Crippen LogP contribution in [0.3, 0.4) is 0 Å². The molecule has 4 aromatic rings. The first-order valence-corrected chi connectivity index (χ1v) is 9.35. The monoisotopic (exact) mass is 362 g/mol. The number of nitrogens with zero attached hydrogens (tertiary/aromatic N) is 4. The third-order valence-electron chi connectivity index (χ3n) is 3.75. The Labute approximate surface area is 159 Å². The second-order valence-electron chi connectivity index (χ2n) is 5.29. The predicted octanol–water partition coefficient (Wildman–Crippen LogP) is 4.68. The molecule has 0 spiro atoms. The summed E-state index contributed by atoms with van der Waals surface area (Å²) < 4.78 is 3.29. The van der Waals surface area contributed by atoms with Gasteiger partial charge in [0.1, 0.15) is 11.7 Å². The van der Waals surface area contributed by atoms with Crippen molar-refractivity contribution < 1.29 is 0 Å². The number of hydrogen-bond donors (Lipinski definition) is 0. The molecule has 4 rings (SSSR count). The quantitative estimate of drug-likeness (QED) is 0.531. The predicted molar refractivity (Wildman–Crippen MR) is 111 cm³/mol. The maximum Gasteiger partial charge on any atom is 0.264 e. The molecule has 0 saturated heterocycles. The molecule has 5 heteroatoms. The Kier molecular flexibility index (Phi) is 7.49. The van der Waals surface area contributed by atoms with E-state index in [1.54, 1.807) is 21.8 Å². The fourth-order valence-electron chi connectivity index (χ4n) is 2.60. The number of fused-ring (bicyclic) bond motifs is 1. The Morgan fingerprint density at radius 1 is 0.852 bits per heavy atom. The van der Waals surface area contributed by atoms with E-state index in [1.165, 1.54) is 0 Å². The third-order valence-corrected chi connectivity index (χ3v) is 3.75. The summed E-state index contributed by atoms with van der Waals surface area (Å²) in [4.78, 5) is 17.1. The van der Waals surface area contributed by atoms with Crippen LogP contribution in [0, 0.1) is 0 Å². The smallest absolute Gasteiger partial charge is 0.264 e. The minimum Gasteiger partial charge on any atom is -0.294 e. The minimum absolute atomic E-state index is 0.0824. The van der Waals surface area contributed by atoms with Gasteiger partial charge in [-0.05, 0) is 17.7 Å². The lowest BCUT2D eigenvalue weighted by Gasteiger charge is -2.06. The number of para-hydroxylation sites is 1. The molecule has 0 radical (unpaired) electrons. The standard InChI is InChI=1S/C18H14N4O.2C2H6/c23-18-16-11-20-22(15-9-5-2-6-10-15)17(16)19-13-21(18)12-14-7-3-1-4-8-14;2*1-2/h1-11,13H,12H2;2*1-2H3. The Morgan fingerprint density at radius 3 is 2.07 bits per heavy atom. The van der Waals surface area contributed by atoms with Gasteiger partial charge in [0, 0.05) is 0 Å². The first-order valence-electron chi connectivity index (χ1n) is 9.35. The largest absolute Gasteiger partial charge is 0.294 e. The number of rotatable bonds is 3. The molecule has 0 N–H and O–H groups in total. The SMILES string of the molecule is CC.CC.O=c1c2cnn(-c3ccccc3)c2ncn1Cc1ccccc1. The summed E-state index contributed by atoms with van der Waals surface area (Å²) in [5.74, 6) is 0. The Bertz CT molecular complexity index is 1000. The Morgan fingerprint density at radius 2 is 1.44 bits per heavy atom. The van der Waals surface area contributed by atoms with E-state index in [0.717, 1.165) is 11.3 Å². The van der Waals surface area contributed by atoms with Gasteiger partial charge < -0.3 is 0 Å². The van der Waals surface area contributed by atoms with Gasteiger partial charge in [-0.15, -0.1) is 0 Å². The van der Waals surface area contributed by atoms with Crippen LogP contribution in [0.4, 0.5) is 0 Å². The van der Waals surface area contributed by atoms with Crippen molar-refractivity contribution in [2.45, 2.75) is 34.2 Å². The highest BCUT2D eigenvalue weighted by Crippen LogP contribution is 2.13. The zero-order valence-corrected chi connectivity index (χ0v) is 16.3. The molecule has 0 aliphatic carbocycles. The van der Waals surface area contributed by atoms with Crippen LogP contribution in [-0.2, 0) is 6.54 Å². The van der Waals surface area contributed by atoms with Crippen LogP contribution < -0.4 is 5.56 Å². The van der Waals surface area contributed by atoms with E-state index in [4.69, 9.17) is 0 Å². The fraction of sp³-hybridized carbons (Fsp3) is 0.227. The molecule has 0 bridgehead atoms. The summed E-state index contributed by atoms with van der Waals surface area (Å²) in [6.45, 7) is 8.50. The summed E-state index contributed by atoms with van der Waals surface area (Å²) in [6, 6.07) is 19.5. The van der Waals surface area contributed by atoms with Gasteiger partial charge in [-0.1, -0.05) is 76.2 Å². The lowest BCUT2D eigenvalue weighted by atomic mass is 10.2. The van der Waals surface area contributed by atoms with Gasteiger partial charge in [-0.3, -0.25) is 9.36 Å². The van der Waals surface area contributed by atoms with Crippen LogP contribution in [0.15, 0.2) is 78.0 Å². The molecule has 0 saturated carbocycles. The van der Waals surface area contributed by atoms with Crippen LogP contribution in [0.5, 0.6) is 0 Å². The van der Waals surface area contributed by atoms with Crippen LogP contribution in [0.25, 0.3) is 16.7 Å². The van der Waals surface area contributed by atoms with E-state index in [-0.39, 0.29) is 5.56 Å². The second kappa shape index (κ2) is 10.1. The van der Waals surface area contributed by atoms with Crippen LogP contribution in [0.2, 0.25) is 0 Å². The topological polar surface area (TPSA) is 52.7 Å². The van der Waals surface area contributed by atoms with E-state index in [1.807, 2.05) is 88.4 Å². The second-order valence-corrected chi connectivity index (χ2v) is 5.29. The van der Waals surface area contributed by atoms with E-state index >= 15 is 0 Å². The van der Waals surface area contributed by atoms with Gasteiger partial charge in [-0.25, -0.2) is 9.67 Å². The highest BCUT2D eigenvalue weighted by molar-refractivity contribution is 5.74. The zero-order chi connectivity index (χ0) is 19.6. The average molecular weight is 362 g/mol. The van der Waals surface area contributed by atoms with E-state index < -0.39 is 0 Å². The van der Waals surface area contributed by atoms with Crippen LogP contribution in [0.1, 0.15) is 33.3 Å². The first kappa shape index (κ1) is 20.1. The zero-order valence-electron chi connectivity index (χ0n) is 16.3. The van der Waals surface area contributed by atoms with Gasteiger partial charge in [0.2, 0.25) is 0 Å². The molecule has 0 aliphatic heterocycles.